The zero-order valence-electron chi connectivity index (χ0n) is 17.1. The fraction of sp³-hybridized carbons (Fsp3) is 0.318. The summed E-state index contributed by atoms with van der Waals surface area (Å²) in [6.45, 7) is 0.548. The van der Waals surface area contributed by atoms with E-state index in [0.29, 0.717) is 23.9 Å². The van der Waals surface area contributed by atoms with Crippen LogP contribution in [0.25, 0.3) is 11.4 Å². The summed E-state index contributed by atoms with van der Waals surface area (Å²) >= 11 is 0. The molecule has 1 saturated carbocycles. The van der Waals surface area contributed by atoms with Gasteiger partial charge in [-0.25, -0.2) is 24.3 Å². The SMILES string of the molecule is O=C(c1ccc(F)cc1-c1ncccn1)N1C[C@H]2C[C@@H](Nc3cnc(C(F)(F)F)cn3)[C@@H]1C2. The highest BCUT2D eigenvalue weighted by Crippen LogP contribution is 2.40. The first kappa shape index (κ1) is 21.2. The van der Waals surface area contributed by atoms with Gasteiger partial charge in [0.1, 0.15) is 11.6 Å². The molecule has 0 spiro atoms. The van der Waals surface area contributed by atoms with Gasteiger partial charge in [0.2, 0.25) is 0 Å². The van der Waals surface area contributed by atoms with E-state index in [1.807, 2.05) is 0 Å². The summed E-state index contributed by atoms with van der Waals surface area (Å²) in [6, 6.07) is 5.16. The van der Waals surface area contributed by atoms with Crippen LogP contribution in [0, 0.1) is 11.7 Å². The van der Waals surface area contributed by atoms with Crippen molar-refractivity contribution in [1.82, 2.24) is 24.8 Å². The highest BCUT2D eigenvalue weighted by atomic mass is 19.4. The van der Waals surface area contributed by atoms with Crippen LogP contribution in [0.4, 0.5) is 23.4 Å². The second-order valence-corrected chi connectivity index (χ2v) is 8.16. The Labute approximate surface area is 185 Å². The number of hydrogen-bond acceptors (Lipinski definition) is 6. The number of aromatic nitrogens is 4. The molecule has 1 aliphatic carbocycles. The van der Waals surface area contributed by atoms with Gasteiger partial charge in [-0.05, 0) is 43.0 Å². The topological polar surface area (TPSA) is 83.9 Å². The number of halogens is 4. The van der Waals surface area contributed by atoms with Crippen LogP contribution in [-0.2, 0) is 6.18 Å². The Balaban J connectivity index is 1.37. The van der Waals surface area contributed by atoms with E-state index < -0.39 is 17.7 Å². The summed E-state index contributed by atoms with van der Waals surface area (Å²) in [6.07, 6.45) is 1.73. The molecule has 1 N–H and O–H groups in total. The van der Waals surface area contributed by atoms with Crippen molar-refractivity contribution in [3.8, 4) is 11.4 Å². The van der Waals surface area contributed by atoms with Gasteiger partial charge in [-0.15, -0.1) is 0 Å². The summed E-state index contributed by atoms with van der Waals surface area (Å²) in [4.78, 5) is 30.7. The molecule has 7 nitrogen and oxygen atoms in total. The summed E-state index contributed by atoms with van der Waals surface area (Å²) in [5, 5.41) is 3.12. The molecule has 3 heterocycles. The number of anilines is 1. The Kier molecular flexibility index (Phi) is 5.18. The summed E-state index contributed by atoms with van der Waals surface area (Å²) in [5.74, 6) is -0.0597. The lowest BCUT2D eigenvalue weighted by Gasteiger charge is -2.34. The predicted octanol–water partition coefficient (Wildman–Crippen LogP) is 3.81. The van der Waals surface area contributed by atoms with Crippen molar-refractivity contribution in [2.24, 2.45) is 5.92 Å². The lowest BCUT2D eigenvalue weighted by Crippen LogP contribution is -2.48. The fourth-order valence-corrected chi connectivity index (χ4v) is 4.63. The van der Waals surface area contributed by atoms with Crippen LogP contribution >= 0.6 is 0 Å². The van der Waals surface area contributed by atoms with E-state index in [1.54, 1.807) is 11.0 Å². The molecule has 3 atom stereocenters. The van der Waals surface area contributed by atoms with Crippen molar-refractivity contribution < 1.29 is 22.4 Å². The van der Waals surface area contributed by atoms with Crippen LogP contribution in [-0.4, -0.2) is 49.4 Å². The number of alkyl halides is 3. The van der Waals surface area contributed by atoms with Crippen molar-refractivity contribution in [3.05, 3.63) is 66.1 Å². The lowest BCUT2D eigenvalue weighted by atomic mass is 10.0. The number of nitrogens with one attached hydrogen (secondary N) is 1. The van der Waals surface area contributed by atoms with Gasteiger partial charge >= 0.3 is 6.18 Å². The third-order valence-electron chi connectivity index (χ3n) is 6.04. The molecule has 0 unspecified atom stereocenters. The number of nitrogens with zero attached hydrogens (tertiary/aromatic N) is 5. The number of fused-ring (bicyclic) bond motifs is 2. The highest BCUT2D eigenvalue weighted by Gasteiger charge is 2.47. The molecule has 2 aromatic heterocycles. The monoisotopic (exact) mass is 458 g/mol. The average molecular weight is 458 g/mol. The molecule has 11 heteroatoms. The van der Waals surface area contributed by atoms with Crippen LogP contribution in [0.15, 0.2) is 49.1 Å². The molecular weight excluding hydrogens is 440 g/mol. The molecule has 2 aliphatic rings. The number of piperidine rings is 1. The normalized spacial score (nSPS) is 21.9. The van der Waals surface area contributed by atoms with Gasteiger partial charge in [-0.2, -0.15) is 13.2 Å². The van der Waals surface area contributed by atoms with E-state index in [9.17, 15) is 22.4 Å². The number of carbonyl (C=O) groups is 1. The van der Waals surface area contributed by atoms with E-state index >= 15 is 0 Å². The smallest absolute Gasteiger partial charge is 0.364 e. The molecule has 2 fully saturated rings. The number of benzene rings is 1. The van der Waals surface area contributed by atoms with Gasteiger partial charge in [0.05, 0.1) is 24.0 Å². The maximum atomic E-state index is 14.0. The van der Waals surface area contributed by atoms with Gasteiger partial charge in [0, 0.05) is 30.5 Å². The van der Waals surface area contributed by atoms with Crippen molar-refractivity contribution in [2.45, 2.75) is 31.1 Å². The van der Waals surface area contributed by atoms with Crippen LogP contribution in [0.2, 0.25) is 0 Å². The van der Waals surface area contributed by atoms with Crippen molar-refractivity contribution in [1.29, 1.82) is 0 Å². The minimum Gasteiger partial charge on any atom is -0.364 e. The Hall–Kier alpha value is -3.63. The van der Waals surface area contributed by atoms with E-state index in [0.717, 1.165) is 19.0 Å². The molecule has 170 valence electrons. The number of rotatable bonds is 4. The molecular formula is C22H18F4N6O. The first-order chi connectivity index (χ1) is 15.8. The average Bonchev–Trinajstić information content (AvgIpc) is 3.40. The van der Waals surface area contributed by atoms with Gasteiger partial charge in [-0.1, -0.05) is 0 Å². The molecule has 2 bridgehead atoms. The molecule has 33 heavy (non-hydrogen) atoms. The summed E-state index contributed by atoms with van der Waals surface area (Å²) < 4.78 is 52.1. The van der Waals surface area contributed by atoms with Gasteiger partial charge < -0.3 is 10.2 Å². The van der Waals surface area contributed by atoms with E-state index in [1.165, 1.54) is 30.6 Å². The molecule has 1 saturated heterocycles. The van der Waals surface area contributed by atoms with Gasteiger partial charge in [0.25, 0.3) is 5.91 Å². The standard InChI is InChI=1S/C22H18F4N6O/c23-13-2-3-14(15(8-13)20-27-4-1-5-28-20)21(33)32-11-12-6-16(17(32)7-12)31-19-10-29-18(9-30-19)22(24,25)26/h1-5,8-10,12,16-17H,6-7,11H2,(H,30,31)/t12-,16+,17-/m0/s1. The first-order valence-electron chi connectivity index (χ1n) is 10.3. The third-order valence-corrected chi connectivity index (χ3v) is 6.04. The van der Waals surface area contributed by atoms with Gasteiger partial charge in [0.15, 0.2) is 11.5 Å². The van der Waals surface area contributed by atoms with Crippen molar-refractivity contribution in [3.63, 3.8) is 0 Å². The van der Waals surface area contributed by atoms with Crippen molar-refractivity contribution in [2.75, 3.05) is 11.9 Å². The summed E-state index contributed by atoms with van der Waals surface area (Å²) in [7, 11) is 0. The molecule has 1 aliphatic heterocycles. The van der Waals surface area contributed by atoms with Crippen LogP contribution in [0.3, 0.4) is 0 Å². The second-order valence-electron chi connectivity index (χ2n) is 8.16. The Morgan fingerprint density at radius 1 is 1.06 bits per heavy atom. The Bertz CT molecular complexity index is 1170. The third kappa shape index (κ3) is 4.10. The number of amides is 1. The Morgan fingerprint density at radius 2 is 1.85 bits per heavy atom. The molecule has 1 aromatic carbocycles. The van der Waals surface area contributed by atoms with Crippen molar-refractivity contribution >= 4 is 11.7 Å². The Morgan fingerprint density at radius 3 is 2.52 bits per heavy atom. The molecule has 3 aromatic rings. The zero-order chi connectivity index (χ0) is 23.2. The number of hydrogen-bond donors (Lipinski definition) is 1. The molecule has 1 amide bonds. The van der Waals surface area contributed by atoms with Crippen LogP contribution in [0.5, 0.6) is 0 Å². The molecule has 5 rings (SSSR count). The predicted molar refractivity (Wildman–Crippen MR) is 109 cm³/mol. The number of likely N-dealkylation sites (tertiary alicyclic amines) is 1. The van der Waals surface area contributed by atoms with E-state index in [4.69, 9.17) is 0 Å². The van der Waals surface area contributed by atoms with Gasteiger partial charge in [-0.3, -0.25) is 4.79 Å². The van der Waals surface area contributed by atoms with Crippen LogP contribution in [0.1, 0.15) is 28.9 Å². The fourth-order valence-electron chi connectivity index (χ4n) is 4.63. The first-order valence-corrected chi connectivity index (χ1v) is 10.3. The summed E-state index contributed by atoms with van der Waals surface area (Å²) in [5.41, 5.74) is -0.463. The van der Waals surface area contributed by atoms with E-state index in [2.05, 4.69) is 25.3 Å². The second kappa shape index (κ2) is 8.05. The largest absolute Gasteiger partial charge is 0.434 e. The van der Waals surface area contributed by atoms with Crippen LogP contribution < -0.4 is 5.32 Å². The minimum absolute atomic E-state index is 0.179. The minimum atomic E-state index is -4.56. The number of carbonyl (C=O) groups excluding carboxylic acids is 1. The molecule has 0 radical (unpaired) electrons. The van der Waals surface area contributed by atoms with E-state index in [-0.39, 0.29) is 35.6 Å². The maximum Gasteiger partial charge on any atom is 0.434 e. The highest BCUT2D eigenvalue weighted by molar-refractivity contribution is 6.00. The lowest BCUT2D eigenvalue weighted by molar-refractivity contribution is -0.141. The quantitative estimate of drug-likeness (QED) is 0.599. The maximum absolute atomic E-state index is 14.0. The zero-order valence-corrected chi connectivity index (χ0v) is 17.1.